The van der Waals surface area contributed by atoms with E-state index in [1.165, 1.54) is 11.3 Å². The zero-order valence-corrected chi connectivity index (χ0v) is 6.23. The third kappa shape index (κ3) is 1.23. The Morgan fingerprint density at radius 3 is 3.00 bits per heavy atom. The van der Waals surface area contributed by atoms with Crippen LogP contribution in [0.4, 0.5) is 0 Å². The lowest BCUT2D eigenvalue weighted by Crippen LogP contribution is -1.93. The topological polar surface area (TPSA) is 30.0 Å². The van der Waals surface area contributed by atoms with Crippen LogP contribution in [-0.4, -0.2) is 10.8 Å². The van der Waals surface area contributed by atoms with Gasteiger partial charge in [-0.1, -0.05) is 0 Å². The Hall–Kier alpha value is -1.14. The van der Waals surface area contributed by atoms with Crippen LogP contribution in [0.2, 0.25) is 0 Å². The quantitative estimate of drug-likeness (QED) is 0.343. The molecule has 0 saturated carbocycles. The zero-order valence-electron chi connectivity index (χ0n) is 5.42. The maximum atomic E-state index is 10.7. The van der Waals surface area contributed by atoms with E-state index in [2.05, 4.69) is 4.98 Å². The number of thiazole rings is 1. The summed E-state index contributed by atoms with van der Waals surface area (Å²) in [6.45, 7) is 1.83. The van der Waals surface area contributed by atoms with Gasteiger partial charge in [0.25, 0.3) is 5.78 Å². The van der Waals surface area contributed by atoms with Crippen molar-refractivity contribution >= 4 is 17.1 Å². The van der Waals surface area contributed by atoms with E-state index in [-0.39, 0.29) is 5.78 Å². The van der Waals surface area contributed by atoms with Crippen molar-refractivity contribution < 1.29 is 4.79 Å². The molecule has 0 aromatic carbocycles. The summed E-state index contributed by atoms with van der Waals surface area (Å²) in [6.07, 6.45) is 4.88. The average Bonchev–Trinajstić information content (AvgIpc) is 2.34. The smallest absolute Gasteiger partial charge is 0.254 e. The van der Waals surface area contributed by atoms with Gasteiger partial charge in [-0.25, -0.2) is 4.98 Å². The first kappa shape index (κ1) is 6.97. The molecular weight excluding hydrogens is 146 g/mol. The van der Waals surface area contributed by atoms with Gasteiger partial charge < -0.3 is 0 Å². The average molecular weight is 151 g/mol. The van der Waals surface area contributed by atoms with Crippen LogP contribution in [0.3, 0.4) is 0 Å². The molecule has 0 spiro atoms. The molecule has 2 nitrogen and oxygen atoms in total. The molecule has 0 N–H and O–H groups in total. The standard InChI is InChI=1S/C7H5NOS/c1-3-7(9)6-4-10-5(2)8-6/h1,4H,2H3. The Morgan fingerprint density at radius 2 is 2.60 bits per heavy atom. The van der Waals surface area contributed by atoms with Gasteiger partial charge in [-0.3, -0.25) is 4.79 Å². The molecule has 0 aliphatic heterocycles. The normalized spacial score (nSPS) is 8.80. The van der Waals surface area contributed by atoms with Crippen molar-refractivity contribution in [2.45, 2.75) is 6.92 Å². The summed E-state index contributed by atoms with van der Waals surface area (Å²) in [7, 11) is 0. The first-order valence-electron chi connectivity index (χ1n) is 2.67. The molecule has 0 radical (unpaired) electrons. The summed E-state index contributed by atoms with van der Waals surface area (Å²) in [4.78, 5) is 14.6. The maximum absolute atomic E-state index is 10.7. The first-order valence-corrected chi connectivity index (χ1v) is 3.55. The second-order valence-corrected chi connectivity index (χ2v) is 2.79. The van der Waals surface area contributed by atoms with Crippen molar-refractivity contribution in [3.63, 3.8) is 0 Å². The molecule has 0 saturated heterocycles. The van der Waals surface area contributed by atoms with Crippen LogP contribution in [0, 0.1) is 19.3 Å². The van der Waals surface area contributed by atoms with Gasteiger partial charge in [-0.15, -0.1) is 17.8 Å². The van der Waals surface area contributed by atoms with E-state index in [0.29, 0.717) is 5.69 Å². The number of carbonyl (C=O) groups is 1. The molecule has 0 aliphatic rings. The number of carbonyl (C=O) groups excluding carboxylic acids is 1. The van der Waals surface area contributed by atoms with Crippen LogP contribution >= 0.6 is 11.3 Å². The van der Waals surface area contributed by atoms with Crippen LogP contribution < -0.4 is 0 Å². The third-order valence-electron chi connectivity index (χ3n) is 0.983. The van der Waals surface area contributed by atoms with Crippen LogP contribution in [0.1, 0.15) is 15.5 Å². The third-order valence-corrected chi connectivity index (χ3v) is 1.76. The Kier molecular flexibility index (Phi) is 1.83. The van der Waals surface area contributed by atoms with Crippen molar-refractivity contribution in [3.05, 3.63) is 16.1 Å². The van der Waals surface area contributed by atoms with E-state index in [1.807, 2.05) is 12.8 Å². The van der Waals surface area contributed by atoms with Gasteiger partial charge in [0.05, 0.1) is 5.01 Å². The Labute approximate surface area is 62.9 Å². The molecule has 1 rings (SSSR count). The number of rotatable bonds is 1. The molecule has 1 aromatic rings. The van der Waals surface area contributed by atoms with Crippen LogP contribution in [0.25, 0.3) is 0 Å². The van der Waals surface area contributed by atoms with Gasteiger partial charge in [0.1, 0.15) is 5.69 Å². The number of hydrogen-bond donors (Lipinski definition) is 0. The van der Waals surface area contributed by atoms with Crippen molar-refractivity contribution in [1.29, 1.82) is 0 Å². The summed E-state index contributed by atoms with van der Waals surface area (Å²) in [6, 6.07) is 0. The number of Topliss-reactive ketones (excluding diaryl/α,β-unsaturated/α-hetero) is 1. The molecule has 0 atom stereocenters. The molecule has 1 aromatic heterocycles. The summed E-state index contributed by atoms with van der Waals surface area (Å²) in [5, 5.41) is 2.52. The molecule has 0 unspecified atom stereocenters. The maximum Gasteiger partial charge on any atom is 0.254 e. The van der Waals surface area contributed by atoms with Gasteiger partial charge in [-0.2, -0.15) is 0 Å². The molecule has 0 amide bonds. The van der Waals surface area contributed by atoms with Gasteiger partial charge in [0.15, 0.2) is 0 Å². The van der Waals surface area contributed by atoms with E-state index in [9.17, 15) is 4.79 Å². The minimum absolute atomic E-state index is 0.343. The van der Waals surface area contributed by atoms with Crippen molar-refractivity contribution in [2.24, 2.45) is 0 Å². The largest absolute Gasteiger partial charge is 0.277 e. The highest BCUT2D eigenvalue weighted by molar-refractivity contribution is 7.09. The lowest BCUT2D eigenvalue weighted by molar-refractivity contribution is 0.105. The van der Waals surface area contributed by atoms with E-state index < -0.39 is 0 Å². The molecule has 50 valence electrons. The Balaban J connectivity index is 2.98. The predicted molar refractivity (Wildman–Crippen MR) is 40.0 cm³/mol. The number of nitrogens with zero attached hydrogens (tertiary/aromatic N) is 1. The van der Waals surface area contributed by atoms with Crippen LogP contribution in [0.15, 0.2) is 5.38 Å². The first-order chi connectivity index (χ1) is 4.74. The van der Waals surface area contributed by atoms with Gasteiger partial charge in [0.2, 0.25) is 0 Å². The number of terminal acetylenes is 1. The second-order valence-electron chi connectivity index (χ2n) is 1.73. The molecule has 10 heavy (non-hydrogen) atoms. The summed E-state index contributed by atoms with van der Waals surface area (Å²) >= 11 is 1.42. The van der Waals surface area contributed by atoms with Gasteiger partial charge in [0, 0.05) is 5.38 Å². The Bertz CT molecular complexity index is 295. The number of aromatic nitrogens is 1. The minimum atomic E-state index is -0.343. The van der Waals surface area contributed by atoms with E-state index >= 15 is 0 Å². The van der Waals surface area contributed by atoms with Gasteiger partial charge >= 0.3 is 0 Å². The van der Waals surface area contributed by atoms with Crippen molar-refractivity contribution in [1.82, 2.24) is 4.98 Å². The number of ketones is 1. The van der Waals surface area contributed by atoms with Crippen LogP contribution in [-0.2, 0) is 0 Å². The summed E-state index contributed by atoms with van der Waals surface area (Å²) in [5.74, 6) is 1.66. The lowest BCUT2D eigenvalue weighted by Gasteiger charge is -1.79. The second kappa shape index (κ2) is 2.63. The van der Waals surface area contributed by atoms with E-state index in [1.54, 1.807) is 5.38 Å². The highest BCUT2D eigenvalue weighted by Gasteiger charge is 2.04. The minimum Gasteiger partial charge on any atom is -0.277 e. The van der Waals surface area contributed by atoms with Crippen molar-refractivity contribution in [3.8, 4) is 12.3 Å². The fourth-order valence-electron chi connectivity index (χ4n) is 0.542. The molecule has 1 heterocycles. The Morgan fingerprint density at radius 1 is 1.90 bits per heavy atom. The molecule has 0 aliphatic carbocycles. The molecular formula is C7H5NOS. The summed E-state index contributed by atoms with van der Waals surface area (Å²) < 4.78 is 0. The molecule has 0 bridgehead atoms. The number of aryl methyl sites for hydroxylation is 1. The summed E-state index contributed by atoms with van der Waals surface area (Å²) in [5.41, 5.74) is 0.380. The van der Waals surface area contributed by atoms with Crippen molar-refractivity contribution in [2.75, 3.05) is 0 Å². The lowest BCUT2D eigenvalue weighted by atomic mass is 10.3. The zero-order chi connectivity index (χ0) is 7.56. The highest BCUT2D eigenvalue weighted by Crippen LogP contribution is 2.07. The predicted octanol–water partition coefficient (Wildman–Crippen LogP) is 1.27. The fraction of sp³-hybridized carbons (Fsp3) is 0.143. The van der Waals surface area contributed by atoms with Gasteiger partial charge in [-0.05, 0) is 12.8 Å². The SMILES string of the molecule is C#CC(=O)c1csc(C)n1. The molecule has 0 fully saturated rings. The fourth-order valence-corrected chi connectivity index (χ4v) is 1.13. The van der Waals surface area contributed by atoms with E-state index in [4.69, 9.17) is 6.42 Å². The van der Waals surface area contributed by atoms with Crippen LogP contribution in [0.5, 0.6) is 0 Å². The monoisotopic (exact) mass is 151 g/mol. The highest BCUT2D eigenvalue weighted by atomic mass is 32.1. The molecule has 3 heteroatoms. The van der Waals surface area contributed by atoms with E-state index in [0.717, 1.165) is 5.01 Å². The number of hydrogen-bond acceptors (Lipinski definition) is 3.